The first-order chi connectivity index (χ1) is 14.5. The fourth-order valence-corrected chi connectivity index (χ4v) is 4.29. The van der Waals surface area contributed by atoms with Crippen LogP contribution in [0.5, 0.6) is 5.75 Å². The number of piperazine rings is 1. The van der Waals surface area contributed by atoms with Gasteiger partial charge in [-0.25, -0.2) is 0 Å². The molecule has 0 amide bonds. The molecule has 168 valence electrons. The number of ether oxygens (including phenoxy) is 1. The van der Waals surface area contributed by atoms with Crippen LogP contribution in [0.4, 0.5) is 5.69 Å². The topological polar surface area (TPSA) is 55.4 Å². The smallest absolute Gasteiger partial charge is 0.191 e. The lowest BCUT2D eigenvalue weighted by Gasteiger charge is -2.36. The lowest BCUT2D eigenvalue weighted by atomic mass is 10.2. The highest BCUT2D eigenvalue weighted by Gasteiger charge is 2.26. The largest absolute Gasteiger partial charge is 0.495 e. The van der Waals surface area contributed by atoms with Crippen molar-refractivity contribution in [2.45, 2.75) is 32.4 Å². The minimum Gasteiger partial charge on any atom is -0.495 e. The quantitative estimate of drug-likeness (QED) is 0.504. The number of likely N-dealkylation sites (N-methyl/N-ethyl adjacent to an activating group) is 1. The molecule has 0 radical (unpaired) electrons. The molecule has 2 N–H and O–H groups in total. The number of anilines is 1. The summed E-state index contributed by atoms with van der Waals surface area (Å²) in [5, 5.41) is 7.77. The molecule has 2 fully saturated rings. The van der Waals surface area contributed by atoms with Crippen LogP contribution in [0.1, 0.15) is 20.3 Å². The van der Waals surface area contributed by atoms with Crippen molar-refractivity contribution >= 4 is 23.2 Å². The monoisotopic (exact) mass is 436 g/mol. The van der Waals surface area contributed by atoms with E-state index in [1.54, 1.807) is 7.11 Å². The second-order valence-corrected chi connectivity index (χ2v) is 8.74. The van der Waals surface area contributed by atoms with E-state index >= 15 is 0 Å². The third-order valence-electron chi connectivity index (χ3n) is 6.03. The fraction of sp³-hybridized carbons (Fsp3) is 0.682. The number of aliphatic imine (C=N–C) groups is 1. The van der Waals surface area contributed by atoms with Crippen molar-refractivity contribution in [3.05, 3.63) is 23.2 Å². The van der Waals surface area contributed by atoms with E-state index in [0.717, 1.165) is 81.2 Å². The van der Waals surface area contributed by atoms with Gasteiger partial charge in [0.15, 0.2) is 5.96 Å². The van der Waals surface area contributed by atoms with Gasteiger partial charge in [0.05, 0.1) is 19.3 Å². The Morgan fingerprint density at radius 1 is 1.27 bits per heavy atom. The second kappa shape index (κ2) is 11.1. The SMILES string of the molecule is CCNC(=NCC(C)N1CCN(C)CC1)NC1CCN(c2cc(Cl)ccc2OC)C1. The molecule has 30 heavy (non-hydrogen) atoms. The van der Waals surface area contributed by atoms with Crippen LogP contribution in [-0.2, 0) is 0 Å². The molecule has 2 aliphatic rings. The first-order valence-electron chi connectivity index (χ1n) is 11.1. The van der Waals surface area contributed by atoms with E-state index in [4.69, 9.17) is 21.3 Å². The first-order valence-corrected chi connectivity index (χ1v) is 11.4. The summed E-state index contributed by atoms with van der Waals surface area (Å²) in [4.78, 5) is 12.1. The molecule has 2 unspecified atom stereocenters. The van der Waals surface area contributed by atoms with E-state index in [2.05, 4.69) is 46.2 Å². The summed E-state index contributed by atoms with van der Waals surface area (Å²) in [7, 11) is 3.90. The zero-order chi connectivity index (χ0) is 21.5. The van der Waals surface area contributed by atoms with E-state index in [1.807, 2.05) is 18.2 Å². The number of hydrogen-bond acceptors (Lipinski definition) is 5. The average molecular weight is 437 g/mol. The summed E-state index contributed by atoms with van der Waals surface area (Å²) in [6.07, 6.45) is 1.05. The number of halogens is 1. The summed E-state index contributed by atoms with van der Waals surface area (Å²) in [5.74, 6) is 1.77. The van der Waals surface area contributed by atoms with Crippen LogP contribution in [-0.4, -0.2) is 94.4 Å². The van der Waals surface area contributed by atoms with Crippen LogP contribution in [0.15, 0.2) is 23.2 Å². The predicted octanol–water partition coefficient (Wildman–Crippen LogP) is 2.12. The molecular formula is C22H37ClN6O. The number of benzene rings is 1. The molecule has 2 heterocycles. The summed E-state index contributed by atoms with van der Waals surface area (Å²) in [6.45, 7) is 12.4. The Balaban J connectivity index is 1.56. The normalized spacial score (nSPS) is 22.2. The minimum absolute atomic E-state index is 0.338. The van der Waals surface area contributed by atoms with Crippen molar-refractivity contribution in [3.8, 4) is 5.75 Å². The first kappa shape index (κ1) is 23.0. The van der Waals surface area contributed by atoms with E-state index in [1.165, 1.54) is 0 Å². The molecule has 0 bridgehead atoms. The molecule has 7 nitrogen and oxygen atoms in total. The van der Waals surface area contributed by atoms with Crippen molar-refractivity contribution in [1.29, 1.82) is 0 Å². The molecule has 2 atom stereocenters. The van der Waals surface area contributed by atoms with Gasteiger partial charge < -0.3 is 25.2 Å². The summed E-state index contributed by atoms with van der Waals surface area (Å²) >= 11 is 6.22. The van der Waals surface area contributed by atoms with Gasteiger partial charge in [-0.3, -0.25) is 9.89 Å². The molecule has 3 rings (SSSR count). The van der Waals surface area contributed by atoms with E-state index in [9.17, 15) is 0 Å². The van der Waals surface area contributed by atoms with Gasteiger partial charge in [-0.05, 0) is 45.5 Å². The van der Waals surface area contributed by atoms with Gasteiger partial charge in [-0.1, -0.05) is 11.6 Å². The third-order valence-corrected chi connectivity index (χ3v) is 6.26. The van der Waals surface area contributed by atoms with Crippen LogP contribution in [0.2, 0.25) is 5.02 Å². The minimum atomic E-state index is 0.338. The van der Waals surface area contributed by atoms with E-state index < -0.39 is 0 Å². The highest BCUT2D eigenvalue weighted by Crippen LogP contribution is 2.33. The number of nitrogens with one attached hydrogen (secondary N) is 2. The zero-order valence-electron chi connectivity index (χ0n) is 18.8. The molecule has 0 saturated carbocycles. The molecule has 1 aromatic rings. The maximum Gasteiger partial charge on any atom is 0.191 e. The highest BCUT2D eigenvalue weighted by molar-refractivity contribution is 6.30. The molecule has 0 aliphatic carbocycles. The number of nitrogens with zero attached hydrogens (tertiary/aromatic N) is 4. The molecule has 2 saturated heterocycles. The molecule has 0 aromatic heterocycles. The number of rotatable bonds is 7. The fourth-order valence-electron chi connectivity index (χ4n) is 4.12. The molecule has 1 aromatic carbocycles. The van der Waals surface area contributed by atoms with E-state index in [0.29, 0.717) is 12.1 Å². The summed E-state index contributed by atoms with van der Waals surface area (Å²) in [5.41, 5.74) is 1.06. The number of guanidine groups is 1. The van der Waals surface area contributed by atoms with Crippen LogP contribution in [0.3, 0.4) is 0 Å². The van der Waals surface area contributed by atoms with Crippen molar-refractivity contribution in [1.82, 2.24) is 20.4 Å². The third kappa shape index (κ3) is 6.15. The Kier molecular flexibility index (Phi) is 8.48. The van der Waals surface area contributed by atoms with E-state index in [-0.39, 0.29) is 0 Å². The summed E-state index contributed by atoms with van der Waals surface area (Å²) < 4.78 is 5.53. The highest BCUT2D eigenvalue weighted by atomic mass is 35.5. The predicted molar refractivity (Wildman–Crippen MR) is 126 cm³/mol. The van der Waals surface area contributed by atoms with Gasteiger partial charge in [0.25, 0.3) is 0 Å². The number of methoxy groups -OCH3 is 1. The maximum absolute atomic E-state index is 6.22. The Morgan fingerprint density at radius 2 is 2.03 bits per heavy atom. The molecule has 8 heteroatoms. The Hall–Kier alpha value is -1.70. The van der Waals surface area contributed by atoms with Gasteiger partial charge in [0.1, 0.15) is 5.75 Å². The Morgan fingerprint density at radius 3 is 2.73 bits per heavy atom. The van der Waals surface area contributed by atoms with Gasteiger partial charge in [0.2, 0.25) is 0 Å². The van der Waals surface area contributed by atoms with Crippen molar-refractivity contribution in [2.75, 3.05) is 71.4 Å². The lowest BCUT2D eigenvalue weighted by Crippen LogP contribution is -2.49. The molecule has 2 aliphatic heterocycles. The van der Waals surface area contributed by atoms with Crippen molar-refractivity contribution < 1.29 is 4.74 Å². The average Bonchev–Trinajstić information content (AvgIpc) is 3.21. The molecular weight excluding hydrogens is 400 g/mol. The Labute approximate surface area is 186 Å². The zero-order valence-corrected chi connectivity index (χ0v) is 19.6. The van der Waals surface area contributed by atoms with Gasteiger partial charge in [-0.15, -0.1) is 0 Å². The molecule has 0 spiro atoms. The second-order valence-electron chi connectivity index (χ2n) is 8.30. The van der Waals surface area contributed by atoms with Crippen LogP contribution < -0.4 is 20.3 Å². The maximum atomic E-state index is 6.22. The van der Waals surface area contributed by atoms with Crippen molar-refractivity contribution in [3.63, 3.8) is 0 Å². The van der Waals surface area contributed by atoms with Crippen LogP contribution >= 0.6 is 11.6 Å². The number of hydrogen-bond donors (Lipinski definition) is 2. The lowest BCUT2D eigenvalue weighted by molar-refractivity contribution is 0.122. The Bertz CT molecular complexity index is 707. The van der Waals surface area contributed by atoms with Crippen molar-refractivity contribution in [2.24, 2.45) is 4.99 Å². The van der Waals surface area contributed by atoms with Gasteiger partial charge in [0, 0.05) is 62.9 Å². The van der Waals surface area contributed by atoms with Gasteiger partial charge in [-0.2, -0.15) is 0 Å². The van der Waals surface area contributed by atoms with Gasteiger partial charge >= 0.3 is 0 Å². The standard InChI is InChI=1S/C22H37ClN6O/c1-5-24-22(25-15-17(2)28-12-10-27(3)11-13-28)26-19-8-9-29(16-19)20-14-18(23)6-7-21(20)30-4/h6-7,14,17,19H,5,8-13,15-16H2,1-4H3,(H2,24,25,26). The van der Waals surface area contributed by atoms with Crippen LogP contribution in [0, 0.1) is 0 Å². The van der Waals surface area contributed by atoms with Crippen LogP contribution in [0.25, 0.3) is 0 Å². The summed E-state index contributed by atoms with van der Waals surface area (Å²) in [6, 6.07) is 6.58.